The predicted octanol–water partition coefficient (Wildman–Crippen LogP) is 2.82. The molecule has 2 rings (SSSR count). The third kappa shape index (κ3) is 2.74. The molecule has 1 aliphatic carbocycles. The molecule has 2 N–H and O–H groups in total. The van der Waals surface area contributed by atoms with Crippen molar-refractivity contribution in [2.24, 2.45) is 11.8 Å². The molecule has 4 heteroatoms. The van der Waals surface area contributed by atoms with Crippen LogP contribution in [0.4, 0.5) is 5.82 Å². The number of nitrogens with zero attached hydrogens (tertiary/aromatic N) is 2. The summed E-state index contributed by atoms with van der Waals surface area (Å²) >= 11 is 0. The second-order valence-electron chi connectivity index (χ2n) is 5.40. The molecule has 1 heterocycles. The van der Waals surface area contributed by atoms with Crippen LogP contribution >= 0.6 is 0 Å². The van der Waals surface area contributed by atoms with E-state index < -0.39 is 0 Å². The van der Waals surface area contributed by atoms with Crippen molar-refractivity contribution in [1.29, 1.82) is 0 Å². The molecule has 1 fully saturated rings. The SMILES string of the molecule is CCc1c(N)ncnc1OC1CCC(C)C(C)C1. The van der Waals surface area contributed by atoms with E-state index >= 15 is 0 Å². The summed E-state index contributed by atoms with van der Waals surface area (Å²) in [5, 5.41) is 0. The fourth-order valence-corrected chi connectivity index (χ4v) is 2.61. The van der Waals surface area contributed by atoms with Crippen molar-refractivity contribution in [3.8, 4) is 5.88 Å². The molecular weight excluding hydrogens is 226 g/mol. The zero-order chi connectivity index (χ0) is 13.1. The Hall–Kier alpha value is -1.32. The molecule has 0 radical (unpaired) electrons. The van der Waals surface area contributed by atoms with Gasteiger partial charge in [-0.15, -0.1) is 0 Å². The molecular formula is C14H23N3O. The molecule has 0 aromatic carbocycles. The second kappa shape index (κ2) is 5.55. The van der Waals surface area contributed by atoms with E-state index in [4.69, 9.17) is 10.5 Å². The third-order valence-electron chi connectivity index (χ3n) is 4.12. The molecule has 100 valence electrons. The Labute approximate surface area is 109 Å². The van der Waals surface area contributed by atoms with Gasteiger partial charge in [0.1, 0.15) is 18.2 Å². The molecule has 0 bridgehead atoms. The zero-order valence-corrected chi connectivity index (χ0v) is 11.5. The van der Waals surface area contributed by atoms with Crippen molar-refractivity contribution < 1.29 is 4.74 Å². The highest BCUT2D eigenvalue weighted by atomic mass is 16.5. The number of nitrogens with two attached hydrogens (primary N) is 1. The Bertz CT molecular complexity index is 408. The van der Waals surface area contributed by atoms with E-state index in [9.17, 15) is 0 Å². The number of ether oxygens (including phenoxy) is 1. The van der Waals surface area contributed by atoms with Crippen LogP contribution < -0.4 is 10.5 Å². The highest BCUT2D eigenvalue weighted by molar-refractivity contribution is 5.44. The maximum atomic E-state index is 6.05. The van der Waals surface area contributed by atoms with Crippen molar-refractivity contribution in [2.75, 3.05) is 5.73 Å². The van der Waals surface area contributed by atoms with Crippen LogP contribution in [-0.2, 0) is 6.42 Å². The Balaban J connectivity index is 2.08. The molecule has 4 nitrogen and oxygen atoms in total. The molecule has 0 amide bonds. The molecule has 1 aliphatic rings. The summed E-state index contributed by atoms with van der Waals surface area (Å²) in [7, 11) is 0. The minimum atomic E-state index is 0.274. The van der Waals surface area contributed by atoms with Crippen LogP contribution in [-0.4, -0.2) is 16.1 Å². The minimum absolute atomic E-state index is 0.274. The topological polar surface area (TPSA) is 61.0 Å². The molecule has 0 saturated heterocycles. The van der Waals surface area contributed by atoms with Crippen molar-refractivity contribution in [3.63, 3.8) is 0 Å². The van der Waals surface area contributed by atoms with Crippen LogP contribution in [0.15, 0.2) is 6.33 Å². The first-order valence-corrected chi connectivity index (χ1v) is 6.87. The van der Waals surface area contributed by atoms with Crippen molar-refractivity contribution in [1.82, 2.24) is 9.97 Å². The maximum absolute atomic E-state index is 6.05. The summed E-state index contributed by atoms with van der Waals surface area (Å²) in [5.41, 5.74) is 6.79. The number of rotatable bonds is 3. The molecule has 0 aliphatic heterocycles. The van der Waals surface area contributed by atoms with E-state index in [0.29, 0.717) is 17.6 Å². The first kappa shape index (κ1) is 13.1. The van der Waals surface area contributed by atoms with Gasteiger partial charge in [0.05, 0.1) is 5.56 Å². The van der Waals surface area contributed by atoms with Gasteiger partial charge in [0.25, 0.3) is 0 Å². The quantitative estimate of drug-likeness (QED) is 0.894. The van der Waals surface area contributed by atoms with E-state index in [0.717, 1.165) is 30.7 Å². The molecule has 1 aromatic rings. The minimum Gasteiger partial charge on any atom is -0.474 e. The van der Waals surface area contributed by atoms with Crippen molar-refractivity contribution >= 4 is 5.82 Å². The van der Waals surface area contributed by atoms with E-state index in [1.54, 1.807) is 0 Å². The monoisotopic (exact) mass is 249 g/mol. The summed E-state index contributed by atoms with van der Waals surface area (Å²) in [6.45, 7) is 6.67. The second-order valence-corrected chi connectivity index (χ2v) is 5.40. The van der Waals surface area contributed by atoms with Crippen LogP contribution in [0, 0.1) is 11.8 Å². The van der Waals surface area contributed by atoms with Crippen molar-refractivity contribution in [2.45, 2.75) is 52.6 Å². The van der Waals surface area contributed by atoms with Gasteiger partial charge in [-0.1, -0.05) is 20.8 Å². The van der Waals surface area contributed by atoms with E-state index in [-0.39, 0.29) is 6.10 Å². The average Bonchev–Trinajstić information content (AvgIpc) is 2.34. The normalized spacial score (nSPS) is 28.1. The lowest BCUT2D eigenvalue weighted by molar-refractivity contribution is 0.0954. The fraction of sp³-hybridized carbons (Fsp3) is 0.714. The van der Waals surface area contributed by atoms with Crippen LogP contribution in [0.1, 0.15) is 45.6 Å². The molecule has 3 atom stereocenters. The predicted molar refractivity (Wildman–Crippen MR) is 72.4 cm³/mol. The van der Waals surface area contributed by atoms with Gasteiger partial charge in [0.15, 0.2) is 0 Å². The molecule has 18 heavy (non-hydrogen) atoms. The van der Waals surface area contributed by atoms with Crippen LogP contribution in [0.25, 0.3) is 0 Å². The fourth-order valence-electron chi connectivity index (χ4n) is 2.61. The van der Waals surface area contributed by atoms with Gasteiger partial charge in [0.2, 0.25) is 5.88 Å². The standard InChI is InChI=1S/C14H23N3O/c1-4-12-13(15)16-8-17-14(12)18-11-6-5-9(2)10(3)7-11/h8-11H,4-7H2,1-3H3,(H2,15,16,17). The smallest absolute Gasteiger partial charge is 0.222 e. The van der Waals surface area contributed by atoms with Gasteiger partial charge in [-0.05, 0) is 37.5 Å². The lowest BCUT2D eigenvalue weighted by Crippen LogP contribution is -2.29. The lowest BCUT2D eigenvalue weighted by atomic mass is 9.80. The van der Waals surface area contributed by atoms with E-state index in [1.807, 2.05) is 6.92 Å². The van der Waals surface area contributed by atoms with E-state index in [1.165, 1.54) is 12.7 Å². The van der Waals surface area contributed by atoms with Crippen LogP contribution in [0.2, 0.25) is 0 Å². The Morgan fingerprint density at radius 3 is 2.72 bits per heavy atom. The Morgan fingerprint density at radius 2 is 2.06 bits per heavy atom. The number of aromatic nitrogens is 2. The summed E-state index contributed by atoms with van der Waals surface area (Å²) < 4.78 is 6.05. The lowest BCUT2D eigenvalue weighted by Gasteiger charge is -2.32. The summed E-state index contributed by atoms with van der Waals surface area (Å²) in [4.78, 5) is 8.25. The first-order chi connectivity index (χ1) is 8.61. The number of hydrogen-bond donors (Lipinski definition) is 1. The van der Waals surface area contributed by atoms with Crippen LogP contribution in [0.5, 0.6) is 5.88 Å². The third-order valence-corrected chi connectivity index (χ3v) is 4.12. The van der Waals surface area contributed by atoms with Gasteiger partial charge >= 0.3 is 0 Å². The summed E-state index contributed by atoms with van der Waals surface area (Å²) in [6, 6.07) is 0. The summed E-state index contributed by atoms with van der Waals surface area (Å²) in [5.74, 6) is 2.73. The zero-order valence-electron chi connectivity index (χ0n) is 11.5. The highest BCUT2D eigenvalue weighted by Gasteiger charge is 2.26. The van der Waals surface area contributed by atoms with Gasteiger partial charge in [-0.3, -0.25) is 0 Å². The average molecular weight is 249 g/mol. The number of nitrogen functional groups attached to an aromatic ring is 1. The van der Waals surface area contributed by atoms with E-state index in [2.05, 4.69) is 23.8 Å². The van der Waals surface area contributed by atoms with Gasteiger partial charge < -0.3 is 10.5 Å². The van der Waals surface area contributed by atoms with Crippen molar-refractivity contribution in [3.05, 3.63) is 11.9 Å². The molecule has 3 unspecified atom stereocenters. The number of anilines is 1. The van der Waals surface area contributed by atoms with Crippen LogP contribution in [0.3, 0.4) is 0 Å². The van der Waals surface area contributed by atoms with Gasteiger partial charge in [-0.2, -0.15) is 0 Å². The molecule has 1 aromatic heterocycles. The summed E-state index contributed by atoms with van der Waals surface area (Å²) in [6.07, 6.45) is 6.01. The largest absolute Gasteiger partial charge is 0.474 e. The van der Waals surface area contributed by atoms with Gasteiger partial charge in [-0.25, -0.2) is 9.97 Å². The number of hydrogen-bond acceptors (Lipinski definition) is 4. The maximum Gasteiger partial charge on any atom is 0.222 e. The molecule has 0 spiro atoms. The molecule has 1 saturated carbocycles. The Kier molecular flexibility index (Phi) is 4.04. The Morgan fingerprint density at radius 1 is 1.28 bits per heavy atom. The highest BCUT2D eigenvalue weighted by Crippen LogP contribution is 2.32. The first-order valence-electron chi connectivity index (χ1n) is 6.87. The van der Waals surface area contributed by atoms with Gasteiger partial charge in [0, 0.05) is 0 Å².